The van der Waals surface area contributed by atoms with Crippen molar-refractivity contribution in [2.75, 3.05) is 13.2 Å². The zero-order valence-corrected chi connectivity index (χ0v) is 20.1. The monoisotopic (exact) mass is 466 g/mol. The van der Waals surface area contributed by atoms with Gasteiger partial charge in [-0.1, -0.05) is 87.0 Å². The number of amides is 2. The molecule has 0 saturated carbocycles. The largest absolute Gasteiger partial charge is 0.483 e. The normalized spacial score (nSPS) is 11.9. The van der Waals surface area contributed by atoms with Crippen molar-refractivity contribution < 1.29 is 14.3 Å². The van der Waals surface area contributed by atoms with E-state index in [9.17, 15) is 9.59 Å². The second-order valence-electron chi connectivity index (χ2n) is 8.44. The van der Waals surface area contributed by atoms with E-state index in [-0.39, 0.29) is 25.0 Å². The zero-order valence-electron chi connectivity index (χ0n) is 19.4. The summed E-state index contributed by atoms with van der Waals surface area (Å²) in [7, 11) is 0. The quantitative estimate of drug-likeness (QED) is 0.432. The Bertz CT molecular complexity index is 1090. The van der Waals surface area contributed by atoms with Crippen LogP contribution < -0.4 is 10.1 Å². The molecule has 0 bridgehead atoms. The highest BCUT2D eigenvalue weighted by atomic mass is 35.5. The summed E-state index contributed by atoms with van der Waals surface area (Å²) < 4.78 is 5.95. The number of benzene rings is 3. The van der Waals surface area contributed by atoms with Gasteiger partial charge in [0.05, 0.1) is 0 Å². The van der Waals surface area contributed by atoms with Crippen molar-refractivity contribution >= 4 is 34.2 Å². The van der Waals surface area contributed by atoms with Gasteiger partial charge < -0.3 is 15.0 Å². The summed E-state index contributed by atoms with van der Waals surface area (Å²) in [6.07, 6.45) is 0.481. The van der Waals surface area contributed by atoms with Crippen LogP contribution in [0.2, 0.25) is 5.02 Å². The summed E-state index contributed by atoms with van der Waals surface area (Å²) in [5.41, 5.74) is 0.785. The second-order valence-corrected chi connectivity index (χ2v) is 8.85. The lowest BCUT2D eigenvalue weighted by Crippen LogP contribution is -2.50. The highest BCUT2D eigenvalue weighted by molar-refractivity contribution is 6.31. The third kappa shape index (κ3) is 6.48. The molecule has 0 radical (unpaired) electrons. The number of carbonyl (C=O) groups is 2. The van der Waals surface area contributed by atoms with E-state index < -0.39 is 6.04 Å². The summed E-state index contributed by atoms with van der Waals surface area (Å²) >= 11 is 6.37. The van der Waals surface area contributed by atoms with Crippen LogP contribution in [0.25, 0.3) is 10.8 Å². The molecule has 0 aliphatic heterocycles. The maximum absolute atomic E-state index is 13.4. The predicted octanol–water partition coefficient (Wildman–Crippen LogP) is 5.45. The van der Waals surface area contributed by atoms with E-state index in [1.165, 1.54) is 0 Å². The van der Waals surface area contributed by atoms with Gasteiger partial charge in [-0.3, -0.25) is 9.59 Å². The van der Waals surface area contributed by atoms with Gasteiger partial charge in [-0.2, -0.15) is 0 Å². The highest BCUT2D eigenvalue weighted by Gasteiger charge is 2.29. The summed E-state index contributed by atoms with van der Waals surface area (Å²) in [5.74, 6) is 0.511. The van der Waals surface area contributed by atoms with E-state index >= 15 is 0 Å². The number of nitrogens with zero attached hydrogens (tertiary/aromatic N) is 1. The number of carbonyl (C=O) groups excluding carboxylic acids is 2. The number of nitrogens with one attached hydrogen (secondary N) is 1. The molecule has 33 heavy (non-hydrogen) atoms. The van der Waals surface area contributed by atoms with E-state index in [2.05, 4.69) is 5.32 Å². The average Bonchev–Trinajstić information content (AvgIpc) is 2.82. The van der Waals surface area contributed by atoms with Crippen molar-refractivity contribution in [1.29, 1.82) is 0 Å². The molecule has 1 atom stereocenters. The van der Waals surface area contributed by atoms with Gasteiger partial charge in [0.15, 0.2) is 6.61 Å². The predicted molar refractivity (Wildman–Crippen MR) is 133 cm³/mol. The van der Waals surface area contributed by atoms with E-state index in [1.807, 2.05) is 81.4 Å². The fourth-order valence-electron chi connectivity index (χ4n) is 3.70. The van der Waals surface area contributed by atoms with Crippen LogP contribution in [-0.2, 0) is 16.1 Å². The summed E-state index contributed by atoms with van der Waals surface area (Å²) in [4.78, 5) is 27.9. The molecule has 0 saturated heterocycles. The Hall–Kier alpha value is -3.05. The Labute approximate surface area is 200 Å². The van der Waals surface area contributed by atoms with Crippen LogP contribution in [0.4, 0.5) is 0 Å². The maximum atomic E-state index is 13.4. The molecule has 6 heteroatoms. The first-order valence-electron chi connectivity index (χ1n) is 11.3. The van der Waals surface area contributed by atoms with Gasteiger partial charge >= 0.3 is 0 Å². The third-order valence-corrected chi connectivity index (χ3v) is 5.84. The molecule has 0 heterocycles. The van der Waals surface area contributed by atoms with Crippen LogP contribution in [0.3, 0.4) is 0 Å². The first-order valence-corrected chi connectivity index (χ1v) is 11.7. The Morgan fingerprint density at radius 2 is 1.70 bits per heavy atom. The lowest BCUT2D eigenvalue weighted by atomic mass is 10.1. The molecular formula is C27H31ClN2O3. The van der Waals surface area contributed by atoms with E-state index in [4.69, 9.17) is 16.3 Å². The molecule has 2 amide bonds. The Morgan fingerprint density at radius 1 is 1.00 bits per heavy atom. The topological polar surface area (TPSA) is 58.6 Å². The molecule has 3 rings (SSSR count). The summed E-state index contributed by atoms with van der Waals surface area (Å²) in [6, 6.07) is 20.4. The van der Waals surface area contributed by atoms with Crippen LogP contribution in [0, 0.1) is 5.92 Å². The van der Waals surface area contributed by atoms with Gasteiger partial charge in [-0.05, 0) is 35.4 Å². The van der Waals surface area contributed by atoms with Crippen LogP contribution in [-0.4, -0.2) is 35.9 Å². The highest BCUT2D eigenvalue weighted by Crippen LogP contribution is 2.26. The van der Waals surface area contributed by atoms with Gasteiger partial charge in [0.25, 0.3) is 5.91 Å². The maximum Gasteiger partial charge on any atom is 0.261 e. The minimum atomic E-state index is -0.622. The number of rotatable bonds is 10. The van der Waals surface area contributed by atoms with Crippen molar-refractivity contribution in [2.24, 2.45) is 5.92 Å². The number of ether oxygens (including phenoxy) is 1. The number of halogens is 1. The molecule has 1 unspecified atom stereocenters. The van der Waals surface area contributed by atoms with Crippen LogP contribution >= 0.6 is 11.6 Å². The van der Waals surface area contributed by atoms with Gasteiger partial charge in [0.1, 0.15) is 11.8 Å². The minimum Gasteiger partial charge on any atom is -0.483 e. The van der Waals surface area contributed by atoms with Crippen molar-refractivity contribution in [3.05, 3.63) is 77.3 Å². The number of fused-ring (bicyclic) bond motifs is 1. The van der Waals surface area contributed by atoms with Crippen LogP contribution in [0.5, 0.6) is 5.75 Å². The Morgan fingerprint density at radius 3 is 2.42 bits per heavy atom. The van der Waals surface area contributed by atoms with E-state index in [0.717, 1.165) is 16.3 Å². The standard InChI is InChI=1S/C27H31ClN2O3/c1-4-24(27(32)29-16-19(2)3)30(17-21-11-6-8-14-23(21)28)26(31)18-33-25-15-9-12-20-10-5-7-13-22(20)25/h5-15,19,24H,4,16-18H2,1-3H3,(H,29,32). The van der Waals surface area contributed by atoms with Crippen molar-refractivity contribution in [1.82, 2.24) is 10.2 Å². The molecule has 0 aliphatic carbocycles. The molecule has 3 aromatic rings. The fourth-order valence-corrected chi connectivity index (χ4v) is 3.89. The van der Waals surface area contributed by atoms with E-state index in [1.54, 1.807) is 11.0 Å². The molecule has 0 fully saturated rings. The molecular weight excluding hydrogens is 436 g/mol. The number of hydrogen-bond donors (Lipinski definition) is 1. The van der Waals surface area contributed by atoms with E-state index in [0.29, 0.717) is 29.7 Å². The second kappa shape index (κ2) is 11.7. The Kier molecular flexibility index (Phi) is 8.72. The number of hydrogen-bond acceptors (Lipinski definition) is 3. The smallest absolute Gasteiger partial charge is 0.261 e. The molecule has 1 N–H and O–H groups in total. The third-order valence-electron chi connectivity index (χ3n) is 5.47. The van der Waals surface area contributed by atoms with Gasteiger partial charge in [0, 0.05) is 23.5 Å². The summed E-state index contributed by atoms with van der Waals surface area (Å²) in [5, 5.41) is 5.49. The average molecular weight is 467 g/mol. The minimum absolute atomic E-state index is 0.170. The SMILES string of the molecule is CCC(C(=O)NCC(C)C)N(Cc1ccccc1Cl)C(=O)COc1cccc2ccccc12. The van der Waals surface area contributed by atoms with Gasteiger partial charge in [0.2, 0.25) is 5.91 Å². The molecule has 0 aliphatic rings. The first kappa shape index (κ1) is 24.6. The lowest BCUT2D eigenvalue weighted by Gasteiger charge is -2.31. The molecule has 5 nitrogen and oxygen atoms in total. The van der Waals surface area contributed by atoms with Crippen LogP contribution in [0.1, 0.15) is 32.8 Å². The first-order chi connectivity index (χ1) is 15.9. The van der Waals surface area contributed by atoms with Crippen molar-refractivity contribution in [3.8, 4) is 5.75 Å². The molecule has 174 valence electrons. The fraction of sp³-hybridized carbons (Fsp3) is 0.333. The Balaban J connectivity index is 1.83. The molecule has 0 spiro atoms. The van der Waals surface area contributed by atoms with Crippen molar-refractivity contribution in [2.45, 2.75) is 39.8 Å². The van der Waals surface area contributed by atoms with Gasteiger partial charge in [-0.15, -0.1) is 0 Å². The lowest BCUT2D eigenvalue weighted by molar-refractivity contribution is -0.143. The zero-order chi connectivity index (χ0) is 23.8. The van der Waals surface area contributed by atoms with Crippen molar-refractivity contribution in [3.63, 3.8) is 0 Å². The molecule has 0 aromatic heterocycles. The molecule has 3 aromatic carbocycles. The van der Waals surface area contributed by atoms with Crippen LogP contribution in [0.15, 0.2) is 66.7 Å². The summed E-state index contributed by atoms with van der Waals surface area (Å²) in [6.45, 7) is 6.57. The van der Waals surface area contributed by atoms with Gasteiger partial charge in [-0.25, -0.2) is 0 Å².